The second-order valence-electron chi connectivity index (χ2n) is 9.89. The molecule has 0 atom stereocenters. The maximum atomic E-state index is 6.12. The highest BCUT2D eigenvalue weighted by Gasteiger charge is 2.23. The van der Waals surface area contributed by atoms with Crippen molar-refractivity contribution < 1.29 is 9.47 Å². The van der Waals surface area contributed by atoms with Crippen LogP contribution in [0.4, 0.5) is 11.4 Å². The largest absolute Gasteiger partial charge is 0.455 e. The Morgan fingerprint density at radius 2 is 0.872 bits per heavy atom. The van der Waals surface area contributed by atoms with Gasteiger partial charge in [0.05, 0.1) is 0 Å². The second kappa shape index (κ2) is 12.2. The first kappa shape index (κ1) is 27.3. The molecule has 0 saturated heterocycles. The van der Waals surface area contributed by atoms with Gasteiger partial charge in [0.2, 0.25) is 0 Å². The van der Waals surface area contributed by atoms with Gasteiger partial charge in [-0.25, -0.2) is 0 Å². The number of hydrogen-bond donors (Lipinski definition) is 0. The van der Waals surface area contributed by atoms with Crippen LogP contribution in [0.5, 0.6) is 23.0 Å². The van der Waals surface area contributed by atoms with Crippen LogP contribution in [0.15, 0.2) is 118 Å². The van der Waals surface area contributed by atoms with Crippen molar-refractivity contribution in [2.75, 3.05) is 28.2 Å². The predicted molar refractivity (Wildman–Crippen MR) is 154 cm³/mol. The smallest absolute Gasteiger partial charge is 0.154 e. The molecular formula is C31H34N6O2. The number of hydrogen-bond acceptors (Lipinski definition) is 6. The Hall–Kier alpha value is -4.72. The summed E-state index contributed by atoms with van der Waals surface area (Å²) in [6.07, 6.45) is 0. The van der Waals surface area contributed by atoms with Crippen LogP contribution in [-0.2, 0) is 5.41 Å². The number of ether oxygens (including phenoxy) is 2. The zero-order valence-electron chi connectivity index (χ0n) is 23.2. The molecule has 0 fully saturated rings. The van der Waals surface area contributed by atoms with Crippen molar-refractivity contribution in [3.05, 3.63) is 108 Å². The molecule has 0 N–H and O–H groups in total. The summed E-state index contributed by atoms with van der Waals surface area (Å²) >= 11 is 0. The van der Waals surface area contributed by atoms with Crippen molar-refractivity contribution >= 4 is 11.4 Å². The predicted octanol–water partition coefficient (Wildman–Crippen LogP) is 8.72. The molecule has 0 amide bonds. The maximum Gasteiger partial charge on any atom is 0.154 e. The van der Waals surface area contributed by atoms with Gasteiger partial charge in [-0.15, -0.1) is 10.2 Å². The summed E-state index contributed by atoms with van der Waals surface area (Å²) in [6.45, 7) is 4.40. The van der Waals surface area contributed by atoms with Crippen molar-refractivity contribution in [3.8, 4) is 23.0 Å². The minimum Gasteiger partial charge on any atom is -0.455 e. The van der Waals surface area contributed by atoms with E-state index in [4.69, 9.17) is 9.47 Å². The molecule has 200 valence electrons. The lowest BCUT2D eigenvalue weighted by Crippen LogP contribution is -2.18. The van der Waals surface area contributed by atoms with Gasteiger partial charge in [-0.1, -0.05) is 72.8 Å². The fourth-order valence-electron chi connectivity index (χ4n) is 3.83. The molecule has 39 heavy (non-hydrogen) atoms. The van der Waals surface area contributed by atoms with E-state index in [9.17, 15) is 0 Å². The third-order valence-electron chi connectivity index (χ3n) is 6.00. The molecule has 8 nitrogen and oxygen atoms in total. The van der Waals surface area contributed by atoms with Crippen LogP contribution in [-0.4, -0.2) is 38.2 Å². The van der Waals surface area contributed by atoms with Crippen molar-refractivity contribution in [3.63, 3.8) is 0 Å². The summed E-state index contributed by atoms with van der Waals surface area (Å²) in [7, 11) is 7.31. The Balaban J connectivity index is 1.48. The van der Waals surface area contributed by atoms with Gasteiger partial charge in [0.15, 0.2) is 11.5 Å². The standard InChI is InChI=1S/C31H34N6O2/c1-31(2,23-15-19-25(20-16-23)38-29-13-9-7-11-27(29)32-34-36(3)4)24-17-21-26(22-18-24)39-30-14-10-8-12-28(30)33-35-37(5)6/h7-22H,1-6H3/b34-32+,35-33+. The van der Waals surface area contributed by atoms with Gasteiger partial charge >= 0.3 is 0 Å². The summed E-state index contributed by atoms with van der Waals surface area (Å²) in [5.74, 6) is 2.76. The first-order valence-electron chi connectivity index (χ1n) is 12.6. The van der Waals surface area contributed by atoms with Crippen LogP contribution in [0.25, 0.3) is 0 Å². The summed E-state index contributed by atoms with van der Waals surface area (Å²) in [5, 5.41) is 20.0. The van der Waals surface area contributed by atoms with Gasteiger partial charge < -0.3 is 9.47 Å². The highest BCUT2D eigenvalue weighted by Crippen LogP contribution is 2.37. The van der Waals surface area contributed by atoms with Crippen molar-refractivity contribution in [1.29, 1.82) is 0 Å². The minimum atomic E-state index is -0.229. The number of benzene rings is 4. The topological polar surface area (TPSA) is 74.4 Å². The van der Waals surface area contributed by atoms with Gasteiger partial charge in [-0.3, -0.25) is 10.0 Å². The fraction of sp³-hybridized carbons (Fsp3) is 0.226. The van der Waals surface area contributed by atoms with Gasteiger partial charge in [0.25, 0.3) is 0 Å². The van der Waals surface area contributed by atoms with E-state index in [1.165, 1.54) is 11.1 Å². The molecule has 0 aromatic heterocycles. The number of para-hydroxylation sites is 2. The molecule has 0 bridgehead atoms. The zero-order chi connectivity index (χ0) is 27.8. The van der Waals surface area contributed by atoms with E-state index >= 15 is 0 Å². The third-order valence-corrected chi connectivity index (χ3v) is 6.00. The van der Waals surface area contributed by atoms with E-state index < -0.39 is 0 Å². The zero-order valence-corrected chi connectivity index (χ0v) is 23.2. The van der Waals surface area contributed by atoms with E-state index in [1.807, 2.05) is 101 Å². The van der Waals surface area contributed by atoms with Crippen LogP contribution in [0.2, 0.25) is 0 Å². The molecule has 4 rings (SSSR count). The molecule has 4 aromatic rings. The van der Waals surface area contributed by atoms with Crippen LogP contribution in [0.3, 0.4) is 0 Å². The van der Waals surface area contributed by atoms with Gasteiger partial charge in [0.1, 0.15) is 22.9 Å². The molecule has 0 aliphatic heterocycles. The lowest BCUT2D eigenvalue weighted by molar-refractivity contribution is 0.406. The Labute approximate surface area is 230 Å². The highest BCUT2D eigenvalue weighted by molar-refractivity contribution is 5.54. The first-order valence-corrected chi connectivity index (χ1v) is 12.6. The molecular weight excluding hydrogens is 488 g/mol. The number of nitrogens with zero attached hydrogens (tertiary/aromatic N) is 6. The van der Waals surface area contributed by atoms with E-state index in [0.717, 1.165) is 11.5 Å². The number of rotatable bonds is 10. The molecule has 8 heteroatoms. The summed E-state index contributed by atoms with van der Waals surface area (Å²) in [6, 6.07) is 31.5. The molecule has 4 aromatic carbocycles. The Bertz CT molecular complexity index is 1320. The molecule has 0 aliphatic rings. The molecule has 0 heterocycles. The monoisotopic (exact) mass is 522 g/mol. The second-order valence-corrected chi connectivity index (χ2v) is 9.89. The summed E-state index contributed by atoms with van der Waals surface area (Å²) < 4.78 is 12.2. The lowest BCUT2D eigenvalue weighted by Gasteiger charge is -2.26. The quantitative estimate of drug-likeness (QED) is 0.154. The van der Waals surface area contributed by atoms with Crippen molar-refractivity contribution in [2.45, 2.75) is 19.3 Å². The summed E-state index contributed by atoms with van der Waals surface area (Å²) in [4.78, 5) is 0. The van der Waals surface area contributed by atoms with E-state index in [-0.39, 0.29) is 5.41 Å². The average molecular weight is 523 g/mol. The van der Waals surface area contributed by atoms with Gasteiger partial charge in [-0.2, -0.15) is 0 Å². The Morgan fingerprint density at radius 3 is 1.23 bits per heavy atom. The molecule has 0 spiro atoms. The Kier molecular flexibility index (Phi) is 8.56. The van der Waals surface area contributed by atoms with Crippen LogP contribution < -0.4 is 9.47 Å². The average Bonchev–Trinajstić information content (AvgIpc) is 2.92. The van der Waals surface area contributed by atoms with Crippen molar-refractivity contribution in [1.82, 2.24) is 10.0 Å². The third kappa shape index (κ3) is 7.19. The first-order chi connectivity index (χ1) is 18.7. The SMILES string of the molecule is CN(C)/N=N/c1ccccc1Oc1ccc(C(C)(C)c2ccc(Oc3ccccc3/N=N/N(C)C)cc2)cc1. The highest BCUT2D eigenvalue weighted by atomic mass is 16.5. The minimum absolute atomic E-state index is 0.229. The van der Waals surface area contributed by atoms with Crippen LogP contribution >= 0.6 is 0 Å². The van der Waals surface area contributed by atoms with E-state index in [1.54, 1.807) is 10.0 Å². The normalized spacial score (nSPS) is 11.6. The van der Waals surface area contributed by atoms with Gasteiger partial charge in [-0.05, 0) is 59.7 Å². The van der Waals surface area contributed by atoms with Gasteiger partial charge in [0, 0.05) is 33.6 Å². The molecule has 0 aliphatic carbocycles. The molecule has 0 unspecified atom stereocenters. The summed E-state index contributed by atoms with van der Waals surface area (Å²) in [5.41, 5.74) is 3.44. The van der Waals surface area contributed by atoms with Crippen LogP contribution in [0.1, 0.15) is 25.0 Å². The Morgan fingerprint density at radius 1 is 0.513 bits per heavy atom. The van der Waals surface area contributed by atoms with E-state index in [0.29, 0.717) is 22.9 Å². The fourth-order valence-corrected chi connectivity index (χ4v) is 3.83. The molecule has 0 saturated carbocycles. The lowest BCUT2D eigenvalue weighted by atomic mass is 9.78. The van der Waals surface area contributed by atoms with Crippen molar-refractivity contribution in [2.24, 2.45) is 20.7 Å². The maximum absolute atomic E-state index is 6.12. The molecule has 0 radical (unpaired) electrons. The van der Waals surface area contributed by atoms with Crippen LogP contribution in [0, 0.1) is 0 Å². The van der Waals surface area contributed by atoms with E-state index in [2.05, 4.69) is 58.8 Å².